The molecule has 0 unspecified atom stereocenters. The standard InChI is InChI=1S/C16H18BrN3O/c17-14-7-3-1-5-12(14)9-20(11-16(19)21)10-13-6-2-4-8-15(13)18/h1-8H,9-11,18H2,(H2,19,21). The molecule has 2 aromatic rings. The lowest BCUT2D eigenvalue weighted by atomic mass is 10.1. The Morgan fingerprint density at radius 1 is 1.00 bits per heavy atom. The molecule has 0 aliphatic heterocycles. The van der Waals surface area contributed by atoms with Crippen molar-refractivity contribution in [1.82, 2.24) is 4.90 Å². The van der Waals surface area contributed by atoms with Gasteiger partial charge in [-0.1, -0.05) is 52.3 Å². The van der Waals surface area contributed by atoms with Crippen molar-refractivity contribution in [3.05, 3.63) is 64.1 Å². The maximum absolute atomic E-state index is 11.3. The Kier molecular flexibility index (Phi) is 5.36. The lowest BCUT2D eigenvalue weighted by Crippen LogP contribution is -2.33. The van der Waals surface area contributed by atoms with Crippen molar-refractivity contribution in [2.24, 2.45) is 5.73 Å². The molecule has 0 saturated heterocycles. The zero-order valence-electron chi connectivity index (χ0n) is 11.6. The number of hydrogen-bond donors (Lipinski definition) is 2. The van der Waals surface area contributed by atoms with Crippen LogP contribution in [0.5, 0.6) is 0 Å². The maximum atomic E-state index is 11.3. The number of nitrogen functional groups attached to an aromatic ring is 1. The average molecular weight is 348 g/mol. The van der Waals surface area contributed by atoms with E-state index >= 15 is 0 Å². The molecule has 0 spiro atoms. The minimum absolute atomic E-state index is 0.190. The van der Waals surface area contributed by atoms with E-state index in [9.17, 15) is 4.79 Å². The summed E-state index contributed by atoms with van der Waals surface area (Å²) in [4.78, 5) is 13.3. The minimum atomic E-state index is -0.350. The SMILES string of the molecule is NC(=O)CN(Cc1ccccc1N)Cc1ccccc1Br. The summed E-state index contributed by atoms with van der Waals surface area (Å²) in [5.74, 6) is -0.350. The van der Waals surface area contributed by atoms with Gasteiger partial charge < -0.3 is 11.5 Å². The Morgan fingerprint density at radius 3 is 2.19 bits per heavy atom. The number of carbonyl (C=O) groups excluding carboxylic acids is 1. The maximum Gasteiger partial charge on any atom is 0.231 e. The quantitative estimate of drug-likeness (QED) is 0.788. The van der Waals surface area contributed by atoms with Gasteiger partial charge in [0.2, 0.25) is 5.91 Å². The van der Waals surface area contributed by atoms with Crippen LogP contribution >= 0.6 is 15.9 Å². The van der Waals surface area contributed by atoms with Gasteiger partial charge in [0, 0.05) is 23.2 Å². The van der Waals surface area contributed by atoms with Gasteiger partial charge in [-0.2, -0.15) is 0 Å². The second-order valence-electron chi connectivity index (χ2n) is 4.90. The molecule has 4 N–H and O–H groups in total. The van der Waals surface area contributed by atoms with Gasteiger partial charge in [-0.05, 0) is 23.3 Å². The molecule has 0 radical (unpaired) electrons. The first kappa shape index (κ1) is 15.5. The molecule has 0 bridgehead atoms. The van der Waals surface area contributed by atoms with Crippen LogP contribution in [0.3, 0.4) is 0 Å². The van der Waals surface area contributed by atoms with Crippen molar-refractivity contribution < 1.29 is 4.79 Å². The zero-order chi connectivity index (χ0) is 15.2. The van der Waals surface area contributed by atoms with Crippen LogP contribution in [-0.2, 0) is 17.9 Å². The van der Waals surface area contributed by atoms with Gasteiger partial charge in [0.25, 0.3) is 0 Å². The first-order chi connectivity index (χ1) is 10.1. The zero-order valence-corrected chi connectivity index (χ0v) is 13.2. The predicted octanol–water partition coefficient (Wildman–Crippen LogP) is 2.52. The molecule has 0 fully saturated rings. The highest BCUT2D eigenvalue weighted by Gasteiger charge is 2.12. The monoisotopic (exact) mass is 347 g/mol. The summed E-state index contributed by atoms with van der Waals surface area (Å²) < 4.78 is 1.01. The van der Waals surface area contributed by atoms with Gasteiger partial charge >= 0.3 is 0 Å². The van der Waals surface area contributed by atoms with E-state index in [0.717, 1.165) is 21.3 Å². The molecule has 0 aliphatic rings. The molecule has 0 aliphatic carbocycles. The van der Waals surface area contributed by atoms with Crippen LogP contribution in [0.4, 0.5) is 5.69 Å². The van der Waals surface area contributed by atoms with Crippen LogP contribution < -0.4 is 11.5 Å². The van der Waals surface area contributed by atoms with E-state index in [1.54, 1.807) is 0 Å². The lowest BCUT2D eigenvalue weighted by molar-refractivity contribution is -0.119. The molecule has 2 rings (SSSR count). The fraction of sp³-hybridized carbons (Fsp3) is 0.188. The summed E-state index contributed by atoms with van der Waals surface area (Å²) in [5.41, 5.74) is 14.1. The number of hydrogen-bond acceptors (Lipinski definition) is 3. The summed E-state index contributed by atoms with van der Waals surface area (Å²) in [6.45, 7) is 1.39. The second-order valence-corrected chi connectivity index (χ2v) is 5.76. The van der Waals surface area contributed by atoms with E-state index in [1.165, 1.54) is 0 Å². The summed E-state index contributed by atoms with van der Waals surface area (Å²) in [5, 5.41) is 0. The second kappa shape index (κ2) is 7.24. The van der Waals surface area contributed by atoms with Crippen LogP contribution in [0.25, 0.3) is 0 Å². The number of carbonyl (C=O) groups is 1. The number of halogens is 1. The fourth-order valence-corrected chi connectivity index (χ4v) is 2.58. The fourth-order valence-electron chi connectivity index (χ4n) is 2.17. The van der Waals surface area contributed by atoms with Crippen molar-refractivity contribution in [3.63, 3.8) is 0 Å². The summed E-state index contributed by atoms with van der Waals surface area (Å²) in [7, 11) is 0. The number of rotatable bonds is 6. The molecule has 0 heterocycles. The normalized spacial score (nSPS) is 10.8. The molecule has 5 heteroatoms. The smallest absolute Gasteiger partial charge is 0.231 e. The number of nitrogens with two attached hydrogens (primary N) is 2. The Morgan fingerprint density at radius 2 is 1.57 bits per heavy atom. The topological polar surface area (TPSA) is 72.4 Å². The highest BCUT2D eigenvalue weighted by Crippen LogP contribution is 2.20. The number of para-hydroxylation sites is 1. The Labute approximate surface area is 132 Å². The molecule has 2 aromatic carbocycles. The van der Waals surface area contributed by atoms with Crippen LogP contribution in [-0.4, -0.2) is 17.4 Å². The van der Waals surface area contributed by atoms with Gasteiger partial charge in [-0.3, -0.25) is 9.69 Å². The van der Waals surface area contributed by atoms with E-state index in [2.05, 4.69) is 15.9 Å². The Bertz CT molecular complexity index is 583. The average Bonchev–Trinajstić information content (AvgIpc) is 2.43. The summed E-state index contributed by atoms with van der Waals surface area (Å²) >= 11 is 3.52. The number of benzene rings is 2. The molecular formula is C16H18BrN3O. The highest BCUT2D eigenvalue weighted by molar-refractivity contribution is 9.10. The van der Waals surface area contributed by atoms with Crippen LogP contribution in [0.2, 0.25) is 0 Å². The third kappa shape index (κ3) is 4.58. The van der Waals surface area contributed by atoms with E-state index in [1.807, 2.05) is 53.4 Å². The third-order valence-electron chi connectivity index (χ3n) is 3.18. The molecular weight excluding hydrogens is 330 g/mol. The lowest BCUT2D eigenvalue weighted by Gasteiger charge is -2.22. The van der Waals surface area contributed by atoms with E-state index in [-0.39, 0.29) is 12.5 Å². The summed E-state index contributed by atoms with van der Waals surface area (Å²) in [6.07, 6.45) is 0. The molecule has 21 heavy (non-hydrogen) atoms. The largest absolute Gasteiger partial charge is 0.398 e. The predicted molar refractivity (Wildman–Crippen MR) is 88.3 cm³/mol. The van der Waals surface area contributed by atoms with Crippen LogP contribution in [0.1, 0.15) is 11.1 Å². The number of primary amides is 1. The van der Waals surface area contributed by atoms with Crippen LogP contribution in [0, 0.1) is 0 Å². The third-order valence-corrected chi connectivity index (χ3v) is 3.95. The Hall–Kier alpha value is -1.85. The molecule has 1 amide bonds. The molecule has 0 aromatic heterocycles. The van der Waals surface area contributed by atoms with Crippen LogP contribution in [0.15, 0.2) is 53.0 Å². The van der Waals surface area contributed by atoms with Gasteiger partial charge in [-0.15, -0.1) is 0 Å². The first-order valence-electron chi connectivity index (χ1n) is 6.63. The molecule has 0 atom stereocenters. The first-order valence-corrected chi connectivity index (χ1v) is 7.43. The number of anilines is 1. The van der Waals surface area contributed by atoms with Crippen molar-refractivity contribution in [2.45, 2.75) is 13.1 Å². The van der Waals surface area contributed by atoms with E-state index in [4.69, 9.17) is 11.5 Å². The molecule has 4 nitrogen and oxygen atoms in total. The van der Waals surface area contributed by atoms with Crippen molar-refractivity contribution in [2.75, 3.05) is 12.3 Å². The van der Waals surface area contributed by atoms with E-state index < -0.39 is 0 Å². The number of amides is 1. The molecule has 110 valence electrons. The van der Waals surface area contributed by atoms with Gasteiger partial charge in [0.15, 0.2) is 0 Å². The number of nitrogens with zero attached hydrogens (tertiary/aromatic N) is 1. The van der Waals surface area contributed by atoms with Gasteiger partial charge in [0.1, 0.15) is 0 Å². The Balaban J connectivity index is 2.17. The van der Waals surface area contributed by atoms with Gasteiger partial charge in [0.05, 0.1) is 6.54 Å². The summed E-state index contributed by atoms with van der Waals surface area (Å²) in [6, 6.07) is 15.6. The van der Waals surface area contributed by atoms with Crippen molar-refractivity contribution in [3.8, 4) is 0 Å². The van der Waals surface area contributed by atoms with E-state index in [0.29, 0.717) is 13.1 Å². The molecule has 0 saturated carbocycles. The highest BCUT2D eigenvalue weighted by atomic mass is 79.9. The van der Waals surface area contributed by atoms with Gasteiger partial charge in [-0.25, -0.2) is 0 Å². The van der Waals surface area contributed by atoms with Crippen molar-refractivity contribution >= 4 is 27.5 Å². The minimum Gasteiger partial charge on any atom is -0.398 e. The van der Waals surface area contributed by atoms with Crippen molar-refractivity contribution in [1.29, 1.82) is 0 Å².